The Kier molecular flexibility index (Phi) is 4.15. The Morgan fingerprint density at radius 1 is 1.15 bits per heavy atom. The highest BCUT2D eigenvalue weighted by Gasteiger charge is 2.13. The van der Waals surface area contributed by atoms with Crippen molar-refractivity contribution in [2.24, 2.45) is 0 Å². The molecule has 0 radical (unpaired) electrons. The van der Waals surface area contributed by atoms with E-state index in [9.17, 15) is 8.42 Å². The van der Waals surface area contributed by atoms with Crippen molar-refractivity contribution in [3.8, 4) is 0 Å². The molecule has 0 saturated carbocycles. The Morgan fingerprint density at radius 2 is 1.90 bits per heavy atom. The first-order valence-corrected chi connectivity index (χ1v) is 7.73. The van der Waals surface area contributed by atoms with E-state index in [0.29, 0.717) is 6.54 Å². The third-order valence-corrected chi connectivity index (χ3v) is 4.61. The van der Waals surface area contributed by atoms with E-state index < -0.39 is 10.0 Å². The van der Waals surface area contributed by atoms with E-state index >= 15 is 0 Å². The van der Waals surface area contributed by atoms with Crippen molar-refractivity contribution in [3.63, 3.8) is 0 Å². The molecule has 1 aromatic carbocycles. The largest absolute Gasteiger partial charge is 0.467 e. The molecule has 2 rings (SSSR count). The number of nitrogens with one attached hydrogen (secondary N) is 2. The predicted molar refractivity (Wildman–Crippen MR) is 78.2 cm³/mol. The first-order valence-electron chi connectivity index (χ1n) is 6.25. The Bertz CT molecular complexity index is 705. The highest BCUT2D eigenvalue weighted by molar-refractivity contribution is 7.89. The number of anilines is 1. The molecular formula is C14H18N2O3S. The van der Waals surface area contributed by atoms with Crippen LogP contribution in [0.25, 0.3) is 0 Å². The van der Waals surface area contributed by atoms with E-state index in [1.165, 1.54) is 7.05 Å². The summed E-state index contributed by atoms with van der Waals surface area (Å²) < 4.78 is 31.2. The maximum atomic E-state index is 11.8. The molecule has 0 fully saturated rings. The smallest absolute Gasteiger partial charge is 0.240 e. The lowest BCUT2D eigenvalue weighted by molar-refractivity contribution is 0.515. The molecule has 108 valence electrons. The Labute approximate surface area is 119 Å². The van der Waals surface area contributed by atoms with E-state index in [1.807, 2.05) is 19.9 Å². The van der Waals surface area contributed by atoms with Crippen molar-refractivity contribution in [2.75, 3.05) is 12.4 Å². The van der Waals surface area contributed by atoms with Gasteiger partial charge in [-0.05, 0) is 50.2 Å². The average molecular weight is 294 g/mol. The summed E-state index contributed by atoms with van der Waals surface area (Å²) in [6.45, 7) is 4.41. The van der Waals surface area contributed by atoms with Gasteiger partial charge in [0, 0.05) is 5.69 Å². The molecule has 0 unspecified atom stereocenters. The van der Waals surface area contributed by atoms with Gasteiger partial charge >= 0.3 is 0 Å². The van der Waals surface area contributed by atoms with Crippen LogP contribution < -0.4 is 10.0 Å². The monoisotopic (exact) mass is 294 g/mol. The van der Waals surface area contributed by atoms with Crippen LogP contribution in [-0.4, -0.2) is 15.5 Å². The third-order valence-electron chi connectivity index (χ3n) is 3.20. The molecule has 0 saturated heterocycles. The van der Waals surface area contributed by atoms with E-state index in [2.05, 4.69) is 10.0 Å². The summed E-state index contributed by atoms with van der Waals surface area (Å²) in [6, 6.07) is 6.89. The molecule has 6 heteroatoms. The number of hydrogen-bond donors (Lipinski definition) is 2. The second kappa shape index (κ2) is 5.68. The van der Waals surface area contributed by atoms with Crippen molar-refractivity contribution in [1.29, 1.82) is 0 Å². The molecule has 0 amide bonds. The van der Waals surface area contributed by atoms with Crippen LogP contribution in [0.1, 0.15) is 16.9 Å². The van der Waals surface area contributed by atoms with Gasteiger partial charge < -0.3 is 9.73 Å². The van der Waals surface area contributed by atoms with Crippen LogP contribution in [0.15, 0.2) is 39.8 Å². The summed E-state index contributed by atoms with van der Waals surface area (Å²) >= 11 is 0. The predicted octanol–water partition coefficient (Wildman–Crippen LogP) is 2.42. The van der Waals surface area contributed by atoms with Crippen molar-refractivity contribution < 1.29 is 12.8 Å². The minimum absolute atomic E-state index is 0.240. The van der Waals surface area contributed by atoms with Gasteiger partial charge in [0.2, 0.25) is 10.0 Å². The molecular weight excluding hydrogens is 276 g/mol. The van der Waals surface area contributed by atoms with Gasteiger partial charge in [-0.25, -0.2) is 13.1 Å². The van der Waals surface area contributed by atoms with Crippen molar-refractivity contribution >= 4 is 15.7 Å². The Hall–Kier alpha value is -1.79. The number of furan rings is 1. The molecule has 2 aromatic rings. The van der Waals surface area contributed by atoms with Gasteiger partial charge in [-0.15, -0.1) is 0 Å². The van der Waals surface area contributed by atoms with E-state index in [0.717, 1.165) is 22.6 Å². The molecule has 0 aliphatic carbocycles. The summed E-state index contributed by atoms with van der Waals surface area (Å²) in [5.74, 6) is 0.839. The highest BCUT2D eigenvalue weighted by Crippen LogP contribution is 2.21. The summed E-state index contributed by atoms with van der Waals surface area (Å²) in [4.78, 5) is 0.240. The Morgan fingerprint density at radius 3 is 2.50 bits per heavy atom. The molecule has 0 aliphatic heterocycles. The number of benzene rings is 1. The fourth-order valence-corrected chi connectivity index (χ4v) is 2.59. The van der Waals surface area contributed by atoms with Crippen LogP contribution in [0.4, 0.5) is 5.69 Å². The minimum atomic E-state index is -3.43. The third kappa shape index (κ3) is 3.02. The lowest BCUT2D eigenvalue weighted by atomic mass is 10.2. The zero-order valence-electron chi connectivity index (χ0n) is 11.7. The van der Waals surface area contributed by atoms with Crippen molar-refractivity contribution in [1.82, 2.24) is 4.72 Å². The van der Waals surface area contributed by atoms with Gasteiger partial charge in [0.1, 0.15) is 5.76 Å². The highest BCUT2D eigenvalue weighted by atomic mass is 32.2. The molecule has 0 atom stereocenters. The fraction of sp³-hybridized carbons (Fsp3) is 0.286. The molecule has 2 N–H and O–H groups in total. The van der Waals surface area contributed by atoms with Crippen molar-refractivity contribution in [2.45, 2.75) is 25.3 Å². The molecule has 5 nitrogen and oxygen atoms in total. The molecule has 20 heavy (non-hydrogen) atoms. The number of rotatable bonds is 5. The molecule has 1 heterocycles. The van der Waals surface area contributed by atoms with Crippen LogP contribution in [-0.2, 0) is 16.6 Å². The molecule has 0 spiro atoms. The summed E-state index contributed by atoms with van der Waals surface area (Å²) in [6.07, 6.45) is 1.64. The zero-order chi connectivity index (χ0) is 14.8. The number of sulfonamides is 1. The van der Waals surface area contributed by atoms with E-state index in [1.54, 1.807) is 24.5 Å². The van der Waals surface area contributed by atoms with Gasteiger partial charge in [0.15, 0.2) is 0 Å². The first kappa shape index (κ1) is 14.6. The van der Waals surface area contributed by atoms with Crippen LogP contribution in [0, 0.1) is 13.8 Å². The topological polar surface area (TPSA) is 71.3 Å². The average Bonchev–Trinajstić information content (AvgIpc) is 2.83. The van der Waals surface area contributed by atoms with Gasteiger partial charge in [-0.2, -0.15) is 0 Å². The quantitative estimate of drug-likeness (QED) is 0.888. The Balaban J connectivity index is 2.24. The summed E-state index contributed by atoms with van der Waals surface area (Å²) in [7, 11) is -2.03. The lowest BCUT2D eigenvalue weighted by Crippen LogP contribution is -2.18. The number of aryl methyl sites for hydroxylation is 2. The zero-order valence-corrected chi connectivity index (χ0v) is 12.5. The molecule has 0 aliphatic rings. The van der Waals surface area contributed by atoms with Crippen LogP contribution in [0.5, 0.6) is 0 Å². The summed E-state index contributed by atoms with van der Waals surface area (Å²) in [5.41, 5.74) is 2.82. The number of hydrogen-bond acceptors (Lipinski definition) is 4. The van der Waals surface area contributed by atoms with Crippen LogP contribution in [0.3, 0.4) is 0 Å². The second-order valence-electron chi connectivity index (χ2n) is 4.56. The molecule has 1 aromatic heterocycles. The fourth-order valence-electron chi connectivity index (χ4n) is 1.84. The summed E-state index contributed by atoms with van der Waals surface area (Å²) in [5, 5.41) is 3.21. The van der Waals surface area contributed by atoms with Gasteiger partial charge in [0.05, 0.1) is 17.7 Å². The van der Waals surface area contributed by atoms with E-state index in [4.69, 9.17) is 4.42 Å². The van der Waals surface area contributed by atoms with Crippen LogP contribution >= 0.6 is 0 Å². The lowest BCUT2D eigenvalue weighted by Gasteiger charge is -2.11. The second-order valence-corrected chi connectivity index (χ2v) is 6.45. The SMILES string of the molecule is CNS(=O)(=O)c1ccc(C)c(NCc2occc2C)c1. The standard InChI is InChI=1S/C14H18N2O3S/c1-10-4-5-12(20(17,18)15-3)8-13(10)16-9-14-11(2)6-7-19-14/h4-8,15-16H,9H2,1-3H3. The molecule has 0 bridgehead atoms. The maximum Gasteiger partial charge on any atom is 0.240 e. The van der Waals surface area contributed by atoms with Gasteiger partial charge in [0.25, 0.3) is 0 Å². The van der Waals surface area contributed by atoms with E-state index in [-0.39, 0.29) is 4.90 Å². The normalized spacial score (nSPS) is 11.6. The van der Waals surface area contributed by atoms with Crippen LogP contribution in [0.2, 0.25) is 0 Å². The maximum absolute atomic E-state index is 11.8. The minimum Gasteiger partial charge on any atom is -0.467 e. The van der Waals surface area contributed by atoms with Gasteiger partial charge in [-0.1, -0.05) is 6.07 Å². The van der Waals surface area contributed by atoms with Crippen molar-refractivity contribution in [3.05, 3.63) is 47.4 Å². The van der Waals surface area contributed by atoms with Gasteiger partial charge in [-0.3, -0.25) is 0 Å². The first-order chi connectivity index (χ1) is 9.44.